The summed E-state index contributed by atoms with van der Waals surface area (Å²) in [6.45, 7) is 1.96. The summed E-state index contributed by atoms with van der Waals surface area (Å²) in [7, 11) is 1.96. The number of benzene rings is 1. The lowest BCUT2D eigenvalue weighted by molar-refractivity contribution is -0.119. The summed E-state index contributed by atoms with van der Waals surface area (Å²) in [6.07, 6.45) is 5.43. The highest BCUT2D eigenvalue weighted by molar-refractivity contribution is 9.10. The minimum Gasteiger partial charge on any atom is -0.334 e. The van der Waals surface area contributed by atoms with Gasteiger partial charge in [-0.2, -0.15) is 0 Å². The third-order valence-corrected chi connectivity index (χ3v) is 3.92. The number of hydrogen-bond acceptors (Lipinski definition) is 5. The average Bonchev–Trinajstić information content (AvgIpc) is 2.93. The van der Waals surface area contributed by atoms with Gasteiger partial charge in [0.2, 0.25) is 11.9 Å². The molecule has 25 heavy (non-hydrogen) atoms. The fraction of sp³-hybridized carbons (Fsp3) is 0.176. The molecule has 2 N–H and O–H groups in total. The van der Waals surface area contributed by atoms with Crippen LogP contribution < -0.4 is 10.9 Å². The van der Waals surface area contributed by atoms with Gasteiger partial charge in [-0.05, 0) is 28.4 Å². The molecule has 3 aromatic rings. The van der Waals surface area contributed by atoms with E-state index >= 15 is 0 Å². The van der Waals surface area contributed by atoms with Crippen LogP contribution in [0.1, 0.15) is 11.3 Å². The van der Waals surface area contributed by atoms with Gasteiger partial charge in [0.25, 0.3) is 0 Å². The zero-order valence-electron chi connectivity index (χ0n) is 13.8. The van der Waals surface area contributed by atoms with Gasteiger partial charge < -0.3 is 4.57 Å². The van der Waals surface area contributed by atoms with Crippen molar-refractivity contribution in [3.05, 3.63) is 58.6 Å². The van der Waals surface area contributed by atoms with E-state index in [2.05, 4.69) is 41.7 Å². The highest BCUT2D eigenvalue weighted by atomic mass is 79.9. The molecule has 1 amide bonds. The average molecular weight is 401 g/mol. The standard InChI is InChI=1S/C17H17BrN6O/c1-11-10-24(2)16(21-11)13-5-3-12(4-6-13)7-15(25)22-23-17-19-8-14(18)9-20-17/h3-6,8-10H,7H2,1-2H3,(H,22,25)(H,19,20,23). The van der Waals surface area contributed by atoms with Gasteiger partial charge in [-0.3, -0.25) is 15.6 Å². The van der Waals surface area contributed by atoms with Crippen molar-refractivity contribution < 1.29 is 4.79 Å². The van der Waals surface area contributed by atoms with E-state index in [1.165, 1.54) is 0 Å². The molecule has 0 spiro atoms. The number of imidazole rings is 1. The summed E-state index contributed by atoms with van der Waals surface area (Å²) in [5.41, 5.74) is 8.16. The Morgan fingerprint density at radius 2 is 1.88 bits per heavy atom. The van der Waals surface area contributed by atoms with E-state index in [4.69, 9.17) is 0 Å². The molecule has 8 heteroatoms. The molecule has 2 aromatic heterocycles. The van der Waals surface area contributed by atoms with Gasteiger partial charge in [0, 0.05) is 31.2 Å². The normalized spacial score (nSPS) is 10.5. The lowest BCUT2D eigenvalue weighted by atomic mass is 10.1. The SMILES string of the molecule is Cc1cn(C)c(-c2ccc(CC(=O)NNc3ncc(Br)cn3)cc2)n1. The molecule has 2 heterocycles. The molecular weight excluding hydrogens is 384 g/mol. The molecule has 0 fully saturated rings. The number of hydrazine groups is 1. The van der Waals surface area contributed by atoms with Crippen LogP contribution in [0.25, 0.3) is 11.4 Å². The van der Waals surface area contributed by atoms with Crippen molar-refractivity contribution >= 4 is 27.8 Å². The maximum absolute atomic E-state index is 12.0. The quantitative estimate of drug-likeness (QED) is 0.643. The van der Waals surface area contributed by atoms with Gasteiger partial charge in [-0.1, -0.05) is 24.3 Å². The number of carbonyl (C=O) groups is 1. The molecule has 3 rings (SSSR count). The first kappa shape index (κ1) is 17.1. The van der Waals surface area contributed by atoms with E-state index in [0.717, 1.165) is 27.1 Å². The van der Waals surface area contributed by atoms with Crippen molar-refractivity contribution in [2.24, 2.45) is 7.05 Å². The van der Waals surface area contributed by atoms with Crippen LogP contribution in [0.4, 0.5) is 5.95 Å². The second kappa shape index (κ2) is 7.43. The van der Waals surface area contributed by atoms with Gasteiger partial charge in [0.05, 0.1) is 16.6 Å². The number of hydrogen-bond donors (Lipinski definition) is 2. The fourth-order valence-electron chi connectivity index (χ4n) is 2.39. The number of anilines is 1. The van der Waals surface area contributed by atoms with E-state index in [1.54, 1.807) is 12.4 Å². The Morgan fingerprint density at radius 3 is 2.48 bits per heavy atom. The Bertz CT molecular complexity index is 873. The Kier molecular flexibility index (Phi) is 5.08. The molecule has 7 nitrogen and oxygen atoms in total. The van der Waals surface area contributed by atoms with E-state index in [1.807, 2.05) is 49.0 Å². The molecule has 0 atom stereocenters. The van der Waals surface area contributed by atoms with Gasteiger partial charge in [0.15, 0.2) is 0 Å². The Morgan fingerprint density at radius 1 is 1.20 bits per heavy atom. The van der Waals surface area contributed by atoms with Gasteiger partial charge in [-0.15, -0.1) is 0 Å². The third-order valence-electron chi connectivity index (χ3n) is 3.51. The molecule has 0 aliphatic rings. The summed E-state index contributed by atoms with van der Waals surface area (Å²) in [5.74, 6) is 1.06. The van der Waals surface area contributed by atoms with Gasteiger partial charge in [-0.25, -0.2) is 15.0 Å². The number of aromatic nitrogens is 4. The number of rotatable bonds is 5. The fourth-order valence-corrected chi connectivity index (χ4v) is 2.59. The summed E-state index contributed by atoms with van der Waals surface area (Å²) >= 11 is 3.25. The molecule has 0 saturated carbocycles. The van der Waals surface area contributed by atoms with Crippen LogP contribution in [-0.2, 0) is 18.3 Å². The number of halogens is 1. The number of amides is 1. The van der Waals surface area contributed by atoms with Crippen LogP contribution in [0.3, 0.4) is 0 Å². The maximum atomic E-state index is 12.0. The zero-order valence-corrected chi connectivity index (χ0v) is 15.4. The van der Waals surface area contributed by atoms with Crippen LogP contribution in [0.5, 0.6) is 0 Å². The van der Waals surface area contributed by atoms with Crippen LogP contribution in [0.2, 0.25) is 0 Å². The lowest BCUT2D eigenvalue weighted by Crippen LogP contribution is -2.31. The van der Waals surface area contributed by atoms with Crippen LogP contribution in [-0.4, -0.2) is 25.4 Å². The minimum atomic E-state index is -0.174. The first-order valence-electron chi connectivity index (χ1n) is 7.63. The van der Waals surface area contributed by atoms with Gasteiger partial charge in [0.1, 0.15) is 5.82 Å². The van der Waals surface area contributed by atoms with Crippen molar-refractivity contribution in [2.75, 3.05) is 5.43 Å². The molecule has 128 valence electrons. The summed E-state index contributed by atoms with van der Waals surface area (Å²) in [5, 5.41) is 0. The second-order valence-electron chi connectivity index (χ2n) is 5.59. The van der Waals surface area contributed by atoms with E-state index in [9.17, 15) is 4.79 Å². The van der Waals surface area contributed by atoms with E-state index < -0.39 is 0 Å². The lowest BCUT2D eigenvalue weighted by Gasteiger charge is -2.07. The predicted octanol–water partition coefficient (Wildman–Crippen LogP) is 2.63. The molecule has 0 saturated heterocycles. The molecule has 0 radical (unpaired) electrons. The van der Waals surface area contributed by atoms with Crippen LogP contribution >= 0.6 is 15.9 Å². The molecule has 0 bridgehead atoms. The minimum absolute atomic E-state index is 0.174. The van der Waals surface area contributed by atoms with E-state index in [-0.39, 0.29) is 12.3 Å². The summed E-state index contributed by atoms with van der Waals surface area (Å²) in [6, 6.07) is 7.79. The number of nitrogens with one attached hydrogen (secondary N) is 2. The van der Waals surface area contributed by atoms with Crippen molar-refractivity contribution in [2.45, 2.75) is 13.3 Å². The molecule has 0 aliphatic carbocycles. The van der Waals surface area contributed by atoms with Gasteiger partial charge >= 0.3 is 0 Å². The Balaban J connectivity index is 1.58. The largest absolute Gasteiger partial charge is 0.334 e. The third kappa shape index (κ3) is 4.42. The highest BCUT2D eigenvalue weighted by Crippen LogP contribution is 2.18. The summed E-state index contributed by atoms with van der Waals surface area (Å²) < 4.78 is 2.76. The monoisotopic (exact) mass is 400 g/mol. The van der Waals surface area contributed by atoms with Crippen molar-refractivity contribution in [1.29, 1.82) is 0 Å². The molecular formula is C17H17BrN6O. The van der Waals surface area contributed by atoms with Crippen LogP contribution in [0.15, 0.2) is 47.3 Å². The number of aryl methyl sites for hydroxylation is 2. The van der Waals surface area contributed by atoms with Crippen molar-refractivity contribution in [3.8, 4) is 11.4 Å². The zero-order chi connectivity index (χ0) is 17.8. The number of carbonyl (C=O) groups excluding carboxylic acids is 1. The van der Waals surface area contributed by atoms with E-state index in [0.29, 0.717) is 5.95 Å². The smallest absolute Gasteiger partial charge is 0.242 e. The first-order chi connectivity index (χ1) is 12.0. The topological polar surface area (TPSA) is 84.7 Å². The molecule has 0 aliphatic heterocycles. The second-order valence-corrected chi connectivity index (χ2v) is 6.50. The molecule has 1 aromatic carbocycles. The van der Waals surface area contributed by atoms with Crippen molar-refractivity contribution in [1.82, 2.24) is 24.9 Å². The summed E-state index contributed by atoms with van der Waals surface area (Å²) in [4.78, 5) is 24.5. The maximum Gasteiger partial charge on any atom is 0.242 e. The number of nitrogens with zero attached hydrogens (tertiary/aromatic N) is 4. The van der Waals surface area contributed by atoms with Crippen LogP contribution in [0, 0.1) is 6.92 Å². The Hall–Kier alpha value is -2.74. The highest BCUT2D eigenvalue weighted by Gasteiger charge is 2.07. The molecule has 0 unspecified atom stereocenters. The van der Waals surface area contributed by atoms with Crippen molar-refractivity contribution in [3.63, 3.8) is 0 Å². The first-order valence-corrected chi connectivity index (χ1v) is 8.42. The predicted molar refractivity (Wildman–Crippen MR) is 98.6 cm³/mol. The Labute approximate surface area is 153 Å².